The molecule has 1 aliphatic heterocycles. The number of carboxylic acid groups (broad SMARTS) is 1. The Labute approximate surface area is 71.2 Å². The summed E-state index contributed by atoms with van der Waals surface area (Å²) in [6.07, 6.45) is 0.980. The zero-order valence-corrected chi connectivity index (χ0v) is 7.08. The van der Waals surface area contributed by atoms with Crippen LogP contribution in [0.1, 0.15) is 19.8 Å². The zero-order chi connectivity index (χ0) is 9.14. The Bertz CT molecular complexity index is 202. The van der Waals surface area contributed by atoms with Crippen molar-refractivity contribution >= 4 is 11.9 Å². The minimum absolute atomic E-state index is 0.0638. The van der Waals surface area contributed by atoms with Gasteiger partial charge in [-0.1, -0.05) is 6.92 Å². The van der Waals surface area contributed by atoms with E-state index in [1.54, 1.807) is 4.90 Å². The van der Waals surface area contributed by atoms with Gasteiger partial charge in [-0.3, -0.25) is 4.79 Å². The molecule has 1 atom stereocenters. The smallest absolute Gasteiger partial charge is 0.223 e. The van der Waals surface area contributed by atoms with Crippen LogP contribution in [0.4, 0.5) is 0 Å². The van der Waals surface area contributed by atoms with Crippen molar-refractivity contribution in [1.29, 1.82) is 0 Å². The van der Waals surface area contributed by atoms with E-state index >= 15 is 0 Å². The average Bonchev–Trinajstić information content (AvgIpc) is 2.34. The van der Waals surface area contributed by atoms with E-state index in [9.17, 15) is 14.7 Å². The first-order valence-electron chi connectivity index (χ1n) is 4.13. The highest BCUT2D eigenvalue weighted by atomic mass is 16.4. The molecule has 0 aromatic heterocycles. The van der Waals surface area contributed by atoms with Gasteiger partial charge in [0.25, 0.3) is 0 Å². The molecule has 0 aromatic carbocycles. The molecule has 1 aliphatic rings. The summed E-state index contributed by atoms with van der Waals surface area (Å²) in [5.41, 5.74) is 0. The lowest BCUT2D eigenvalue weighted by Gasteiger charge is -2.15. The van der Waals surface area contributed by atoms with Crippen molar-refractivity contribution in [3.05, 3.63) is 0 Å². The Kier molecular flexibility index (Phi) is 2.68. The van der Waals surface area contributed by atoms with E-state index < -0.39 is 11.9 Å². The molecular formula is C8H12NO3-. The molecule has 0 unspecified atom stereocenters. The largest absolute Gasteiger partial charge is 0.550 e. The zero-order valence-electron chi connectivity index (χ0n) is 7.08. The van der Waals surface area contributed by atoms with E-state index in [4.69, 9.17) is 0 Å². The summed E-state index contributed by atoms with van der Waals surface area (Å²) in [6.45, 7) is 2.94. The summed E-state index contributed by atoms with van der Waals surface area (Å²) >= 11 is 0. The van der Waals surface area contributed by atoms with E-state index in [2.05, 4.69) is 0 Å². The van der Waals surface area contributed by atoms with Crippen molar-refractivity contribution in [3.8, 4) is 0 Å². The molecule has 0 radical (unpaired) electrons. The lowest BCUT2D eigenvalue weighted by atomic mass is 10.1. The molecule has 4 heteroatoms. The van der Waals surface area contributed by atoms with Gasteiger partial charge in [-0.05, 0) is 6.42 Å². The molecule has 1 heterocycles. The van der Waals surface area contributed by atoms with Gasteiger partial charge < -0.3 is 14.8 Å². The summed E-state index contributed by atoms with van der Waals surface area (Å²) in [7, 11) is 0. The molecule has 1 rings (SSSR count). The first-order valence-corrected chi connectivity index (χ1v) is 4.13. The Balaban J connectivity index is 2.50. The van der Waals surface area contributed by atoms with E-state index in [1.165, 1.54) is 0 Å². The van der Waals surface area contributed by atoms with Gasteiger partial charge in [0.1, 0.15) is 0 Å². The molecule has 0 aliphatic carbocycles. The van der Waals surface area contributed by atoms with Crippen molar-refractivity contribution in [3.63, 3.8) is 0 Å². The summed E-state index contributed by atoms with van der Waals surface area (Å²) in [4.78, 5) is 23.1. The third-order valence-corrected chi connectivity index (χ3v) is 2.04. The number of hydrogen-bond acceptors (Lipinski definition) is 3. The second-order valence-electron chi connectivity index (χ2n) is 3.06. The highest BCUT2D eigenvalue weighted by molar-refractivity contribution is 5.85. The highest BCUT2D eigenvalue weighted by Gasteiger charge is 2.29. The molecule has 0 saturated carbocycles. The van der Waals surface area contributed by atoms with E-state index in [0.717, 1.165) is 6.42 Å². The van der Waals surface area contributed by atoms with Gasteiger partial charge >= 0.3 is 0 Å². The normalized spacial score (nSPS) is 23.2. The third-order valence-electron chi connectivity index (χ3n) is 2.04. The van der Waals surface area contributed by atoms with Crippen molar-refractivity contribution in [2.45, 2.75) is 19.8 Å². The van der Waals surface area contributed by atoms with Crippen molar-refractivity contribution in [1.82, 2.24) is 4.90 Å². The molecule has 0 N–H and O–H groups in total. The first kappa shape index (κ1) is 9.03. The number of likely N-dealkylation sites (tertiary alicyclic amines) is 1. The van der Waals surface area contributed by atoms with Crippen molar-refractivity contribution in [2.24, 2.45) is 5.92 Å². The van der Waals surface area contributed by atoms with Gasteiger partial charge in [0.2, 0.25) is 5.91 Å². The van der Waals surface area contributed by atoms with E-state index in [1.807, 2.05) is 6.92 Å². The Morgan fingerprint density at radius 1 is 1.75 bits per heavy atom. The SMILES string of the molecule is CCCN1C[C@H](C(=O)[O-])CC1=O. The van der Waals surface area contributed by atoms with Crippen LogP contribution < -0.4 is 5.11 Å². The number of nitrogens with zero attached hydrogens (tertiary/aromatic N) is 1. The maximum absolute atomic E-state index is 11.1. The minimum atomic E-state index is -1.11. The summed E-state index contributed by atoms with van der Waals surface area (Å²) in [5.74, 6) is -1.77. The van der Waals surface area contributed by atoms with Gasteiger partial charge in [0.15, 0.2) is 0 Å². The third kappa shape index (κ3) is 1.75. The fraction of sp³-hybridized carbons (Fsp3) is 0.750. The van der Waals surface area contributed by atoms with Crippen LogP contribution in [0.25, 0.3) is 0 Å². The number of carboxylic acids is 1. The van der Waals surface area contributed by atoms with Crippen LogP contribution in [0, 0.1) is 5.92 Å². The van der Waals surface area contributed by atoms with E-state index in [0.29, 0.717) is 13.1 Å². The topological polar surface area (TPSA) is 60.4 Å². The Morgan fingerprint density at radius 3 is 2.83 bits per heavy atom. The van der Waals surface area contributed by atoms with Gasteiger partial charge in [0, 0.05) is 31.4 Å². The van der Waals surface area contributed by atoms with Gasteiger partial charge in [-0.15, -0.1) is 0 Å². The maximum Gasteiger partial charge on any atom is 0.223 e. The number of rotatable bonds is 3. The predicted molar refractivity (Wildman–Crippen MR) is 40.0 cm³/mol. The monoisotopic (exact) mass is 170 g/mol. The van der Waals surface area contributed by atoms with Crippen molar-refractivity contribution in [2.75, 3.05) is 13.1 Å². The fourth-order valence-corrected chi connectivity index (χ4v) is 1.42. The Hall–Kier alpha value is -1.06. The van der Waals surface area contributed by atoms with Gasteiger partial charge in [-0.2, -0.15) is 0 Å². The van der Waals surface area contributed by atoms with Crippen LogP contribution in [0.5, 0.6) is 0 Å². The summed E-state index contributed by atoms with van der Waals surface area (Å²) < 4.78 is 0. The molecule has 1 fully saturated rings. The number of amides is 1. The Morgan fingerprint density at radius 2 is 2.42 bits per heavy atom. The van der Waals surface area contributed by atoms with Crippen molar-refractivity contribution < 1.29 is 14.7 Å². The molecule has 4 nitrogen and oxygen atoms in total. The number of carbonyl (C=O) groups excluding carboxylic acids is 2. The van der Waals surface area contributed by atoms with Crippen LogP contribution >= 0.6 is 0 Å². The lowest BCUT2D eigenvalue weighted by molar-refractivity contribution is -0.311. The van der Waals surface area contributed by atoms with Crippen LogP contribution in [-0.2, 0) is 9.59 Å². The minimum Gasteiger partial charge on any atom is -0.550 e. The number of carbonyl (C=O) groups is 2. The second-order valence-corrected chi connectivity index (χ2v) is 3.06. The summed E-state index contributed by atoms with van der Waals surface area (Å²) in [5, 5.41) is 10.4. The molecule has 0 spiro atoms. The predicted octanol–water partition coefficient (Wildman–Crippen LogP) is -1.01. The standard InChI is InChI=1S/C8H13NO3/c1-2-3-9-5-6(8(11)12)4-7(9)10/h6H,2-5H2,1H3,(H,11,12)/p-1/t6-/m1/s1. The second kappa shape index (κ2) is 3.56. The van der Waals surface area contributed by atoms with Gasteiger partial charge in [0.05, 0.1) is 0 Å². The first-order chi connectivity index (χ1) is 5.65. The fourth-order valence-electron chi connectivity index (χ4n) is 1.42. The quantitative estimate of drug-likeness (QED) is 0.545. The molecule has 68 valence electrons. The average molecular weight is 170 g/mol. The van der Waals surface area contributed by atoms with Crippen LogP contribution in [0.15, 0.2) is 0 Å². The molecule has 1 amide bonds. The molecule has 1 saturated heterocycles. The maximum atomic E-state index is 11.1. The molecule has 0 aromatic rings. The number of aliphatic carboxylic acids is 1. The number of hydrogen-bond donors (Lipinski definition) is 0. The van der Waals surface area contributed by atoms with Crippen LogP contribution in [-0.4, -0.2) is 29.9 Å². The van der Waals surface area contributed by atoms with Crippen LogP contribution in [0.3, 0.4) is 0 Å². The molecule has 0 bridgehead atoms. The lowest BCUT2D eigenvalue weighted by Crippen LogP contribution is -2.33. The van der Waals surface area contributed by atoms with Gasteiger partial charge in [-0.25, -0.2) is 0 Å². The highest BCUT2D eigenvalue weighted by Crippen LogP contribution is 2.16. The van der Waals surface area contributed by atoms with E-state index in [-0.39, 0.29) is 12.3 Å². The summed E-state index contributed by atoms with van der Waals surface area (Å²) in [6, 6.07) is 0. The van der Waals surface area contributed by atoms with Crippen LogP contribution in [0.2, 0.25) is 0 Å². The molecular weight excluding hydrogens is 158 g/mol. The molecule has 12 heavy (non-hydrogen) atoms.